The van der Waals surface area contributed by atoms with E-state index in [0.717, 1.165) is 5.52 Å². The molecule has 102 valence electrons. The van der Waals surface area contributed by atoms with Crippen LogP contribution in [0.25, 0.3) is 10.9 Å². The molecule has 1 N–H and O–H groups in total. The van der Waals surface area contributed by atoms with Crippen LogP contribution in [0.2, 0.25) is 0 Å². The summed E-state index contributed by atoms with van der Waals surface area (Å²) in [5.74, 6) is -0.353. The minimum atomic E-state index is -1.03. The smallest absolute Gasteiger partial charge is 0.372 e. The van der Waals surface area contributed by atoms with Gasteiger partial charge in [-0.3, -0.25) is 0 Å². The summed E-state index contributed by atoms with van der Waals surface area (Å²) >= 11 is 0. The van der Waals surface area contributed by atoms with E-state index in [4.69, 9.17) is 9.52 Å². The van der Waals surface area contributed by atoms with Crippen LogP contribution in [-0.2, 0) is 6.54 Å². The number of aromatic carboxylic acids is 1. The maximum Gasteiger partial charge on any atom is 0.372 e. The molecule has 0 amide bonds. The van der Waals surface area contributed by atoms with Gasteiger partial charge in [-0.1, -0.05) is 12.1 Å². The summed E-state index contributed by atoms with van der Waals surface area (Å²) < 4.78 is 7.47. The highest BCUT2D eigenvalue weighted by molar-refractivity contribution is 5.86. The number of fused-ring (bicyclic) bond motifs is 1. The second-order valence-corrected chi connectivity index (χ2v) is 4.98. The highest BCUT2D eigenvalue weighted by Crippen LogP contribution is 2.22. The maximum atomic E-state index is 11.0. The van der Waals surface area contributed by atoms with Gasteiger partial charge in [-0.05, 0) is 37.6 Å². The number of carbonyl (C=O) groups is 1. The molecular formula is C16H15NO3. The number of hydrogen-bond acceptors (Lipinski definition) is 2. The Morgan fingerprint density at radius 3 is 2.75 bits per heavy atom. The minimum absolute atomic E-state index is 0.0210. The van der Waals surface area contributed by atoms with E-state index in [-0.39, 0.29) is 5.76 Å². The number of rotatable bonds is 3. The number of carboxylic acid groups (broad SMARTS) is 1. The topological polar surface area (TPSA) is 55.4 Å². The fourth-order valence-electron chi connectivity index (χ4n) is 2.52. The molecule has 0 aliphatic heterocycles. The van der Waals surface area contributed by atoms with Crippen molar-refractivity contribution < 1.29 is 14.3 Å². The molecule has 1 aromatic carbocycles. The molecule has 0 spiro atoms. The second-order valence-electron chi connectivity index (χ2n) is 4.98. The van der Waals surface area contributed by atoms with E-state index in [0.29, 0.717) is 17.9 Å². The average molecular weight is 269 g/mol. The standard InChI is InChI=1S/C16H15NO3/c1-10-4-3-5-14-13(10)6-7-17(14)9-12-8-11(2)15(20-12)16(18)19/h3-8H,9H2,1-2H3,(H,18,19). The van der Waals surface area contributed by atoms with Gasteiger partial charge in [-0.15, -0.1) is 0 Å². The van der Waals surface area contributed by atoms with Crippen LogP contribution in [0.5, 0.6) is 0 Å². The predicted molar refractivity (Wildman–Crippen MR) is 76.2 cm³/mol. The Morgan fingerprint density at radius 2 is 2.05 bits per heavy atom. The van der Waals surface area contributed by atoms with Gasteiger partial charge in [0.1, 0.15) is 5.76 Å². The maximum absolute atomic E-state index is 11.0. The highest BCUT2D eigenvalue weighted by Gasteiger charge is 2.15. The average Bonchev–Trinajstić information content (AvgIpc) is 2.95. The SMILES string of the molecule is Cc1cc(Cn2ccc3c(C)cccc32)oc1C(=O)O. The van der Waals surface area contributed by atoms with Gasteiger partial charge in [0.05, 0.1) is 6.54 Å². The van der Waals surface area contributed by atoms with Crippen LogP contribution in [0.3, 0.4) is 0 Å². The molecule has 20 heavy (non-hydrogen) atoms. The first-order chi connectivity index (χ1) is 9.56. The summed E-state index contributed by atoms with van der Waals surface area (Å²) in [6.07, 6.45) is 2.00. The fraction of sp³-hybridized carbons (Fsp3) is 0.188. The molecule has 0 atom stereocenters. The molecule has 0 bridgehead atoms. The third-order valence-electron chi connectivity index (χ3n) is 3.52. The number of hydrogen-bond donors (Lipinski definition) is 1. The third-order valence-corrected chi connectivity index (χ3v) is 3.52. The van der Waals surface area contributed by atoms with Crippen molar-refractivity contribution in [3.63, 3.8) is 0 Å². The lowest BCUT2D eigenvalue weighted by molar-refractivity contribution is 0.0659. The predicted octanol–water partition coefficient (Wildman–Crippen LogP) is 3.60. The number of nitrogens with zero attached hydrogens (tertiary/aromatic N) is 1. The van der Waals surface area contributed by atoms with Crippen LogP contribution < -0.4 is 0 Å². The molecule has 3 aromatic rings. The monoisotopic (exact) mass is 269 g/mol. The van der Waals surface area contributed by atoms with Crippen molar-refractivity contribution in [3.05, 3.63) is 59.2 Å². The van der Waals surface area contributed by atoms with E-state index in [9.17, 15) is 4.79 Å². The summed E-state index contributed by atoms with van der Waals surface area (Å²) in [7, 11) is 0. The Balaban J connectivity index is 1.99. The summed E-state index contributed by atoms with van der Waals surface area (Å²) in [4.78, 5) is 11.0. The van der Waals surface area contributed by atoms with Crippen LogP contribution >= 0.6 is 0 Å². The summed E-state index contributed by atoms with van der Waals surface area (Å²) in [6, 6.07) is 10.00. The lowest BCUT2D eigenvalue weighted by Gasteiger charge is -2.03. The molecule has 3 rings (SSSR count). The molecule has 2 aromatic heterocycles. The van der Waals surface area contributed by atoms with Crippen LogP contribution in [0.4, 0.5) is 0 Å². The van der Waals surface area contributed by atoms with E-state index in [2.05, 4.69) is 29.7 Å². The molecule has 0 radical (unpaired) electrons. The number of carboxylic acids is 1. The Morgan fingerprint density at radius 1 is 1.25 bits per heavy atom. The normalized spacial score (nSPS) is 11.1. The summed E-state index contributed by atoms with van der Waals surface area (Å²) in [5.41, 5.74) is 3.00. The molecule has 0 unspecified atom stereocenters. The van der Waals surface area contributed by atoms with Crippen molar-refractivity contribution in [2.24, 2.45) is 0 Å². The van der Waals surface area contributed by atoms with Crippen molar-refractivity contribution in [2.45, 2.75) is 20.4 Å². The van der Waals surface area contributed by atoms with E-state index in [1.54, 1.807) is 13.0 Å². The Labute approximate surface area is 116 Å². The van der Waals surface area contributed by atoms with E-state index >= 15 is 0 Å². The van der Waals surface area contributed by atoms with E-state index in [1.807, 2.05) is 12.3 Å². The molecule has 0 saturated heterocycles. The van der Waals surface area contributed by atoms with Crippen LogP contribution in [0.15, 0.2) is 40.9 Å². The molecule has 0 fully saturated rings. The Hall–Kier alpha value is -2.49. The number of furan rings is 1. The molecule has 4 nitrogen and oxygen atoms in total. The van der Waals surface area contributed by atoms with Crippen molar-refractivity contribution in [1.29, 1.82) is 0 Å². The van der Waals surface area contributed by atoms with Crippen molar-refractivity contribution in [2.75, 3.05) is 0 Å². The second kappa shape index (κ2) is 4.56. The van der Waals surface area contributed by atoms with Crippen LogP contribution in [0.1, 0.15) is 27.4 Å². The van der Waals surface area contributed by atoms with E-state index in [1.165, 1.54) is 10.9 Å². The van der Waals surface area contributed by atoms with Gasteiger partial charge < -0.3 is 14.1 Å². The number of aromatic nitrogens is 1. The Kier molecular flexibility index (Phi) is 2.86. The largest absolute Gasteiger partial charge is 0.475 e. The van der Waals surface area contributed by atoms with Gasteiger partial charge in [0.25, 0.3) is 0 Å². The molecule has 0 aliphatic carbocycles. The molecule has 0 aliphatic rings. The zero-order valence-electron chi connectivity index (χ0n) is 11.4. The van der Waals surface area contributed by atoms with E-state index < -0.39 is 5.97 Å². The first-order valence-corrected chi connectivity index (χ1v) is 6.43. The molecule has 2 heterocycles. The van der Waals surface area contributed by atoms with Crippen molar-refractivity contribution >= 4 is 16.9 Å². The lowest BCUT2D eigenvalue weighted by Crippen LogP contribution is -1.97. The number of aryl methyl sites for hydroxylation is 2. The fourth-order valence-corrected chi connectivity index (χ4v) is 2.52. The minimum Gasteiger partial charge on any atom is -0.475 e. The first kappa shape index (κ1) is 12.5. The van der Waals surface area contributed by atoms with Crippen molar-refractivity contribution in [3.8, 4) is 0 Å². The summed E-state index contributed by atoms with van der Waals surface area (Å²) in [6.45, 7) is 4.35. The molecular weight excluding hydrogens is 254 g/mol. The first-order valence-electron chi connectivity index (χ1n) is 6.43. The summed E-state index contributed by atoms with van der Waals surface area (Å²) in [5, 5.41) is 10.2. The van der Waals surface area contributed by atoms with Crippen LogP contribution in [0, 0.1) is 13.8 Å². The van der Waals surface area contributed by atoms with Gasteiger partial charge in [0.15, 0.2) is 0 Å². The highest BCUT2D eigenvalue weighted by atomic mass is 16.4. The van der Waals surface area contributed by atoms with Gasteiger partial charge in [-0.2, -0.15) is 0 Å². The Bertz CT molecular complexity index is 795. The lowest BCUT2D eigenvalue weighted by atomic mass is 10.1. The van der Waals surface area contributed by atoms with Gasteiger partial charge >= 0.3 is 5.97 Å². The third kappa shape index (κ3) is 1.99. The number of benzene rings is 1. The van der Waals surface area contributed by atoms with Gasteiger partial charge in [-0.25, -0.2) is 4.79 Å². The molecule has 4 heteroatoms. The van der Waals surface area contributed by atoms with Gasteiger partial charge in [0.2, 0.25) is 5.76 Å². The van der Waals surface area contributed by atoms with Gasteiger partial charge in [0, 0.05) is 22.7 Å². The zero-order chi connectivity index (χ0) is 14.3. The van der Waals surface area contributed by atoms with Crippen molar-refractivity contribution in [1.82, 2.24) is 4.57 Å². The molecule has 0 saturated carbocycles. The zero-order valence-corrected chi connectivity index (χ0v) is 11.4. The van der Waals surface area contributed by atoms with Crippen LogP contribution in [-0.4, -0.2) is 15.6 Å². The quantitative estimate of drug-likeness (QED) is 0.790.